The maximum absolute atomic E-state index is 13.1. The molecule has 1 aromatic carbocycles. The standard InChI is InChI=1S/C11H9FO3/c1-2-8-4-6-3-7(12)5-9(11(13)14)10(6)15-8/h3-5H,2H2,1H3,(H,13,14). The van der Waals surface area contributed by atoms with Crippen molar-refractivity contribution in [3.63, 3.8) is 0 Å². The Morgan fingerprint density at radius 1 is 1.47 bits per heavy atom. The minimum Gasteiger partial charge on any atom is -0.478 e. The highest BCUT2D eigenvalue weighted by Crippen LogP contribution is 2.24. The van der Waals surface area contributed by atoms with Crippen molar-refractivity contribution in [1.29, 1.82) is 0 Å². The SMILES string of the molecule is CCc1cc2cc(F)cc(C(=O)O)c2o1. The number of rotatable bonds is 2. The zero-order valence-corrected chi connectivity index (χ0v) is 8.08. The van der Waals surface area contributed by atoms with Crippen LogP contribution in [0.1, 0.15) is 23.0 Å². The Bertz CT molecular complexity index is 528. The number of furan rings is 1. The topological polar surface area (TPSA) is 50.4 Å². The van der Waals surface area contributed by atoms with Gasteiger partial charge in [-0.05, 0) is 18.2 Å². The van der Waals surface area contributed by atoms with Gasteiger partial charge in [0.25, 0.3) is 0 Å². The fraction of sp³-hybridized carbons (Fsp3) is 0.182. The van der Waals surface area contributed by atoms with E-state index in [1.807, 2.05) is 6.92 Å². The van der Waals surface area contributed by atoms with Gasteiger partial charge < -0.3 is 9.52 Å². The highest BCUT2D eigenvalue weighted by atomic mass is 19.1. The first-order valence-electron chi connectivity index (χ1n) is 4.57. The van der Waals surface area contributed by atoms with E-state index >= 15 is 0 Å². The van der Waals surface area contributed by atoms with Crippen molar-refractivity contribution in [2.24, 2.45) is 0 Å². The number of fused-ring (bicyclic) bond motifs is 1. The van der Waals surface area contributed by atoms with Gasteiger partial charge in [0.05, 0.1) is 0 Å². The molecule has 0 unspecified atom stereocenters. The Labute approximate surface area is 85.1 Å². The predicted molar refractivity (Wildman–Crippen MR) is 52.5 cm³/mol. The van der Waals surface area contributed by atoms with Crippen molar-refractivity contribution in [3.8, 4) is 0 Å². The molecule has 3 nitrogen and oxygen atoms in total. The van der Waals surface area contributed by atoms with Crippen LogP contribution >= 0.6 is 0 Å². The van der Waals surface area contributed by atoms with E-state index in [0.29, 0.717) is 17.6 Å². The van der Waals surface area contributed by atoms with Crippen LogP contribution in [-0.2, 0) is 6.42 Å². The van der Waals surface area contributed by atoms with E-state index < -0.39 is 11.8 Å². The number of aryl methyl sites for hydroxylation is 1. The molecular formula is C11H9FO3. The van der Waals surface area contributed by atoms with E-state index in [0.717, 1.165) is 6.07 Å². The second-order valence-corrected chi connectivity index (χ2v) is 3.24. The van der Waals surface area contributed by atoms with Gasteiger partial charge in [0.1, 0.15) is 22.7 Å². The molecule has 1 N–H and O–H groups in total. The highest BCUT2D eigenvalue weighted by molar-refractivity contribution is 6.01. The summed E-state index contributed by atoms with van der Waals surface area (Å²) in [5, 5.41) is 9.35. The van der Waals surface area contributed by atoms with Gasteiger partial charge in [-0.3, -0.25) is 0 Å². The Hall–Kier alpha value is -1.84. The Morgan fingerprint density at radius 2 is 2.20 bits per heavy atom. The van der Waals surface area contributed by atoms with E-state index in [1.165, 1.54) is 6.07 Å². The number of aromatic carboxylic acids is 1. The van der Waals surface area contributed by atoms with Crippen LogP contribution in [0.2, 0.25) is 0 Å². The smallest absolute Gasteiger partial charge is 0.339 e. The minimum atomic E-state index is -1.18. The average Bonchev–Trinajstić information content (AvgIpc) is 2.58. The Kier molecular flexibility index (Phi) is 2.19. The lowest BCUT2D eigenvalue weighted by molar-refractivity contribution is 0.0697. The second kappa shape index (κ2) is 3.38. The molecule has 2 aromatic rings. The minimum absolute atomic E-state index is 0.135. The van der Waals surface area contributed by atoms with Gasteiger partial charge in [-0.2, -0.15) is 0 Å². The van der Waals surface area contributed by atoms with E-state index in [4.69, 9.17) is 9.52 Å². The summed E-state index contributed by atoms with van der Waals surface area (Å²) < 4.78 is 18.4. The van der Waals surface area contributed by atoms with Crippen molar-refractivity contribution in [2.75, 3.05) is 0 Å². The molecule has 4 heteroatoms. The van der Waals surface area contributed by atoms with E-state index in [1.54, 1.807) is 6.07 Å². The first-order chi connectivity index (χ1) is 7.11. The van der Waals surface area contributed by atoms with Crippen LogP contribution in [0.15, 0.2) is 22.6 Å². The number of benzene rings is 1. The van der Waals surface area contributed by atoms with Crippen LogP contribution in [-0.4, -0.2) is 11.1 Å². The fourth-order valence-corrected chi connectivity index (χ4v) is 1.50. The molecule has 0 saturated heterocycles. The third-order valence-corrected chi connectivity index (χ3v) is 2.21. The normalized spacial score (nSPS) is 10.8. The zero-order valence-electron chi connectivity index (χ0n) is 8.08. The second-order valence-electron chi connectivity index (χ2n) is 3.24. The van der Waals surface area contributed by atoms with Crippen LogP contribution in [0, 0.1) is 5.82 Å². The van der Waals surface area contributed by atoms with Gasteiger partial charge in [0.15, 0.2) is 0 Å². The summed E-state index contributed by atoms with van der Waals surface area (Å²) in [7, 11) is 0. The third kappa shape index (κ3) is 1.58. The number of hydrogen-bond donors (Lipinski definition) is 1. The number of carboxylic acids is 1. The monoisotopic (exact) mass is 208 g/mol. The van der Waals surface area contributed by atoms with Gasteiger partial charge >= 0.3 is 5.97 Å². The van der Waals surface area contributed by atoms with Crippen LogP contribution in [0.3, 0.4) is 0 Å². The molecule has 0 amide bonds. The van der Waals surface area contributed by atoms with E-state index in [9.17, 15) is 9.18 Å². The van der Waals surface area contributed by atoms with Gasteiger partial charge in [-0.25, -0.2) is 9.18 Å². The molecule has 0 radical (unpaired) electrons. The van der Waals surface area contributed by atoms with Crippen molar-refractivity contribution in [3.05, 3.63) is 35.3 Å². The summed E-state index contributed by atoms with van der Waals surface area (Å²) in [5.41, 5.74) is 0.102. The molecule has 1 heterocycles. The van der Waals surface area contributed by atoms with E-state index in [2.05, 4.69) is 0 Å². The first-order valence-corrected chi connectivity index (χ1v) is 4.57. The molecule has 0 fully saturated rings. The third-order valence-electron chi connectivity index (χ3n) is 2.21. The molecule has 0 saturated carbocycles. The van der Waals surface area contributed by atoms with Crippen molar-refractivity contribution >= 4 is 16.9 Å². The van der Waals surface area contributed by atoms with E-state index in [-0.39, 0.29) is 11.1 Å². The summed E-state index contributed by atoms with van der Waals surface area (Å²) in [6.07, 6.45) is 0.648. The van der Waals surface area contributed by atoms with Crippen molar-refractivity contribution < 1.29 is 18.7 Å². The van der Waals surface area contributed by atoms with Crippen LogP contribution in [0.5, 0.6) is 0 Å². The summed E-state index contributed by atoms with van der Waals surface area (Å²) in [4.78, 5) is 10.8. The first kappa shape index (κ1) is 9.71. The van der Waals surface area contributed by atoms with Crippen LogP contribution in [0.4, 0.5) is 4.39 Å². The predicted octanol–water partition coefficient (Wildman–Crippen LogP) is 2.83. The van der Waals surface area contributed by atoms with Crippen LogP contribution in [0.25, 0.3) is 11.0 Å². The lowest BCUT2D eigenvalue weighted by Gasteiger charge is -1.96. The van der Waals surface area contributed by atoms with Crippen LogP contribution < -0.4 is 0 Å². The van der Waals surface area contributed by atoms with Gasteiger partial charge in [-0.15, -0.1) is 0 Å². The van der Waals surface area contributed by atoms with Gasteiger partial charge in [-0.1, -0.05) is 6.92 Å². The zero-order chi connectivity index (χ0) is 11.0. The molecule has 78 valence electrons. The molecule has 1 aromatic heterocycles. The maximum Gasteiger partial charge on any atom is 0.339 e. The lowest BCUT2D eigenvalue weighted by atomic mass is 10.1. The molecule has 0 atom stereocenters. The molecule has 2 rings (SSSR count). The molecule has 0 aliphatic heterocycles. The molecule has 0 bridgehead atoms. The average molecular weight is 208 g/mol. The molecular weight excluding hydrogens is 199 g/mol. The lowest BCUT2D eigenvalue weighted by Crippen LogP contribution is -1.97. The summed E-state index contributed by atoms with van der Waals surface area (Å²) in [6, 6.07) is 3.89. The number of carbonyl (C=O) groups is 1. The number of hydrogen-bond acceptors (Lipinski definition) is 2. The summed E-state index contributed by atoms with van der Waals surface area (Å²) in [5.74, 6) is -1.10. The fourth-order valence-electron chi connectivity index (χ4n) is 1.50. The quantitative estimate of drug-likeness (QED) is 0.825. The van der Waals surface area contributed by atoms with Crippen molar-refractivity contribution in [1.82, 2.24) is 0 Å². The Balaban J connectivity index is 2.77. The van der Waals surface area contributed by atoms with Gasteiger partial charge in [0, 0.05) is 11.8 Å². The Morgan fingerprint density at radius 3 is 2.80 bits per heavy atom. The molecule has 15 heavy (non-hydrogen) atoms. The molecule has 0 aliphatic carbocycles. The maximum atomic E-state index is 13.1. The molecule has 0 spiro atoms. The summed E-state index contributed by atoms with van der Waals surface area (Å²) >= 11 is 0. The largest absolute Gasteiger partial charge is 0.478 e. The summed E-state index contributed by atoms with van der Waals surface area (Å²) in [6.45, 7) is 1.88. The number of halogens is 1. The van der Waals surface area contributed by atoms with Crippen molar-refractivity contribution in [2.45, 2.75) is 13.3 Å². The molecule has 0 aliphatic rings. The van der Waals surface area contributed by atoms with Gasteiger partial charge in [0.2, 0.25) is 0 Å². The highest BCUT2D eigenvalue weighted by Gasteiger charge is 2.14. The number of carboxylic acid groups (broad SMARTS) is 1.